The van der Waals surface area contributed by atoms with Gasteiger partial charge in [0, 0.05) is 50.3 Å². The Hall–Kier alpha value is -2.95. The number of anilines is 1. The third-order valence-corrected chi connectivity index (χ3v) is 7.47. The molecular formula is C25H27F5N4O2. The van der Waals surface area contributed by atoms with Crippen molar-refractivity contribution >= 4 is 11.6 Å². The van der Waals surface area contributed by atoms with Crippen LogP contribution in [0.15, 0.2) is 35.3 Å². The predicted molar refractivity (Wildman–Crippen MR) is 123 cm³/mol. The highest BCUT2D eigenvalue weighted by atomic mass is 19.3. The summed E-state index contributed by atoms with van der Waals surface area (Å²) in [7, 11) is 2.00. The van der Waals surface area contributed by atoms with Crippen LogP contribution in [0.2, 0.25) is 0 Å². The molecule has 11 heteroatoms. The molecule has 1 amide bonds. The average Bonchev–Trinajstić information content (AvgIpc) is 3.54. The molecule has 2 aliphatic carbocycles. The second-order valence-corrected chi connectivity index (χ2v) is 10.3. The number of aromatic nitrogens is 1. The Bertz CT molecular complexity index is 1260. The van der Waals surface area contributed by atoms with E-state index >= 15 is 0 Å². The molecule has 2 N–H and O–H groups in total. The SMILES string of the molecule is C[C@@H](NC(=O)c1cn([C@H]2CC2(F)F)c(=O)cc1N[C@H]1[C@@H]2CN(C)C[C@@H]21)c1cccc(C(C)(F)F)c1F. The van der Waals surface area contributed by atoms with E-state index in [1.54, 1.807) is 0 Å². The molecule has 0 spiro atoms. The van der Waals surface area contributed by atoms with Gasteiger partial charge in [-0.15, -0.1) is 0 Å². The molecule has 2 saturated carbocycles. The van der Waals surface area contributed by atoms with E-state index in [0.29, 0.717) is 18.8 Å². The van der Waals surface area contributed by atoms with Gasteiger partial charge >= 0.3 is 0 Å². The minimum absolute atomic E-state index is 0.0418. The number of nitrogens with one attached hydrogen (secondary N) is 2. The fourth-order valence-corrected chi connectivity index (χ4v) is 5.30. The molecule has 5 rings (SSSR count). The number of benzene rings is 1. The van der Waals surface area contributed by atoms with Crippen LogP contribution in [0.1, 0.15) is 53.8 Å². The van der Waals surface area contributed by atoms with Crippen LogP contribution in [0.5, 0.6) is 0 Å². The molecule has 1 saturated heterocycles. The van der Waals surface area contributed by atoms with Gasteiger partial charge < -0.3 is 20.1 Å². The van der Waals surface area contributed by atoms with Gasteiger partial charge in [0.15, 0.2) is 0 Å². The number of carbonyl (C=O) groups is 1. The van der Waals surface area contributed by atoms with Gasteiger partial charge in [-0.3, -0.25) is 9.59 Å². The molecule has 5 atom stereocenters. The summed E-state index contributed by atoms with van der Waals surface area (Å²) in [6.07, 6.45) is 0.606. The molecule has 2 aromatic rings. The van der Waals surface area contributed by atoms with Crippen LogP contribution in [0.4, 0.5) is 27.6 Å². The van der Waals surface area contributed by atoms with Crippen molar-refractivity contribution in [2.45, 2.75) is 50.2 Å². The Morgan fingerprint density at radius 1 is 1.22 bits per heavy atom. The Morgan fingerprint density at radius 3 is 2.44 bits per heavy atom. The average molecular weight is 511 g/mol. The summed E-state index contributed by atoms with van der Waals surface area (Å²) in [4.78, 5) is 28.1. The number of alkyl halides is 4. The zero-order valence-corrected chi connectivity index (χ0v) is 20.0. The second-order valence-electron chi connectivity index (χ2n) is 10.3. The standard InChI is InChI=1S/C25H27F5N4O2/c1-12(13-5-4-6-17(21(13)26)24(2,27)28)31-23(36)16-11-34(19-8-25(19,29)30)20(35)7-18(16)32-22-14-9-33(3)10-15(14)22/h4-7,11-12,14-15,19,22,32H,8-10H2,1-3H3,(H,31,36)/t12-,14-,15+,19+,22+/m1/s1. The lowest BCUT2D eigenvalue weighted by molar-refractivity contribution is 0.0135. The zero-order chi connectivity index (χ0) is 26.2. The number of halogens is 5. The van der Waals surface area contributed by atoms with Crippen molar-refractivity contribution in [1.82, 2.24) is 14.8 Å². The maximum atomic E-state index is 14.8. The van der Waals surface area contributed by atoms with E-state index in [1.165, 1.54) is 19.1 Å². The molecule has 2 heterocycles. The predicted octanol–water partition coefficient (Wildman–Crippen LogP) is 4.14. The fraction of sp³-hybridized carbons (Fsp3) is 0.520. The highest BCUT2D eigenvalue weighted by Crippen LogP contribution is 2.52. The van der Waals surface area contributed by atoms with Gasteiger partial charge in [0.2, 0.25) is 0 Å². The largest absolute Gasteiger partial charge is 0.381 e. The van der Waals surface area contributed by atoms with Crippen LogP contribution in [-0.4, -0.2) is 47.5 Å². The molecule has 0 radical (unpaired) electrons. The number of hydrogen-bond donors (Lipinski definition) is 2. The monoisotopic (exact) mass is 510 g/mol. The van der Waals surface area contributed by atoms with Crippen LogP contribution in [0.3, 0.4) is 0 Å². The molecule has 36 heavy (non-hydrogen) atoms. The number of rotatable bonds is 7. The Balaban J connectivity index is 1.43. The molecule has 194 valence electrons. The van der Waals surface area contributed by atoms with E-state index in [0.717, 1.165) is 36.0 Å². The van der Waals surface area contributed by atoms with E-state index in [1.807, 2.05) is 7.05 Å². The van der Waals surface area contributed by atoms with Crippen LogP contribution in [0, 0.1) is 17.7 Å². The van der Waals surface area contributed by atoms with Gasteiger partial charge in [0.25, 0.3) is 23.3 Å². The summed E-state index contributed by atoms with van der Waals surface area (Å²) in [5, 5.41) is 5.80. The van der Waals surface area contributed by atoms with Crippen LogP contribution >= 0.6 is 0 Å². The first kappa shape index (κ1) is 24.7. The summed E-state index contributed by atoms with van der Waals surface area (Å²) < 4.78 is 70.7. The van der Waals surface area contributed by atoms with Crippen LogP contribution in [0.25, 0.3) is 0 Å². The summed E-state index contributed by atoms with van der Waals surface area (Å²) in [5.74, 6) is -7.61. The van der Waals surface area contributed by atoms with Crippen molar-refractivity contribution in [3.63, 3.8) is 0 Å². The first-order valence-corrected chi connectivity index (χ1v) is 11.8. The van der Waals surface area contributed by atoms with Crippen molar-refractivity contribution in [3.8, 4) is 0 Å². The summed E-state index contributed by atoms with van der Waals surface area (Å²) in [6, 6.07) is 2.39. The maximum Gasteiger partial charge on any atom is 0.273 e. The summed E-state index contributed by atoms with van der Waals surface area (Å²) in [6.45, 7) is 3.75. The summed E-state index contributed by atoms with van der Waals surface area (Å²) in [5.41, 5.74) is -1.42. The third kappa shape index (κ3) is 4.38. The Labute approximate surface area is 204 Å². The third-order valence-electron chi connectivity index (χ3n) is 7.47. The molecule has 0 bridgehead atoms. The number of nitrogens with zero attached hydrogens (tertiary/aromatic N) is 2. The van der Waals surface area contributed by atoms with E-state index in [2.05, 4.69) is 15.5 Å². The number of carbonyl (C=O) groups excluding carboxylic acids is 1. The Morgan fingerprint density at radius 2 is 1.86 bits per heavy atom. The molecular weight excluding hydrogens is 483 g/mol. The second kappa shape index (κ2) is 8.29. The van der Waals surface area contributed by atoms with Crippen molar-refractivity contribution in [2.75, 3.05) is 25.5 Å². The molecule has 6 nitrogen and oxygen atoms in total. The minimum atomic E-state index is -3.41. The molecule has 1 aliphatic heterocycles. The highest BCUT2D eigenvalue weighted by Gasteiger charge is 2.59. The quantitative estimate of drug-likeness (QED) is 0.550. The van der Waals surface area contributed by atoms with E-state index in [-0.39, 0.29) is 22.9 Å². The van der Waals surface area contributed by atoms with Gasteiger partial charge in [-0.05, 0) is 25.8 Å². The van der Waals surface area contributed by atoms with Crippen molar-refractivity contribution in [3.05, 3.63) is 63.3 Å². The van der Waals surface area contributed by atoms with Crippen LogP contribution in [-0.2, 0) is 5.92 Å². The molecule has 1 aromatic carbocycles. The zero-order valence-electron chi connectivity index (χ0n) is 20.0. The number of fused-ring (bicyclic) bond motifs is 1. The van der Waals surface area contributed by atoms with Crippen molar-refractivity contribution in [2.24, 2.45) is 11.8 Å². The maximum absolute atomic E-state index is 14.8. The molecule has 1 aromatic heterocycles. The topological polar surface area (TPSA) is 66.4 Å². The number of likely N-dealkylation sites (tertiary alicyclic amines) is 1. The van der Waals surface area contributed by atoms with Gasteiger partial charge in [0.1, 0.15) is 11.9 Å². The lowest BCUT2D eigenvalue weighted by Gasteiger charge is -2.21. The first-order valence-electron chi connectivity index (χ1n) is 11.8. The van der Waals surface area contributed by atoms with Crippen molar-refractivity contribution in [1.29, 1.82) is 0 Å². The van der Waals surface area contributed by atoms with Gasteiger partial charge in [-0.1, -0.05) is 18.2 Å². The fourth-order valence-electron chi connectivity index (χ4n) is 5.30. The van der Waals surface area contributed by atoms with Gasteiger partial charge in [-0.25, -0.2) is 22.0 Å². The first-order chi connectivity index (χ1) is 16.8. The Kier molecular flexibility index (Phi) is 5.70. The van der Waals surface area contributed by atoms with Gasteiger partial charge in [-0.2, -0.15) is 0 Å². The highest BCUT2D eigenvalue weighted by molar-refractivity contribution is 5.99. The molecule has 0 unspecified atom stereocenters. The summed E-state index contributed by atoms with van der Waals surface area (Å²) >= 11 is 0. The number of piperidine rings is 1. The lowest BCUT2D eigenvalue weighted by atomic mass is 10.0. The smallest absolute Gasteiger partial charge is 0.273 e. The van der Waals surface area contributed by atoms with Crippen LogP contribution < -0.4 is 16.2 Å². The van der Waals surface area contributed by atoms with E-state index in [4.69, 9.17) is 0 Å². The van der Waals surface area contributed by atoms with E-state index in [9.17, 15) is 31.5 Å². The van der Waals surface area contributed by atoms with E-state index < -0.39 is 53.2 Å². The molecule has 3 fully saturated rings. The lowest BCUT2D eigenvalue weighted by Crippen LogP contribution is -2.32. The number of pyridine rings is 1. The number of hydrogen-bond acceptors (Lipinski definition) is 4. The van der Waals surface area contributed by atoms with Crippen molar-refractivity contribution < 1.29 is 26.7 Å². The normalized spacial score (nSPS) is 27.3. The minimum Gasteiger partial charge on any atom is -0.381 e. The number of amides is 1. The molecule has 3 aliphatic rings. The van der Waals surface area contributed by atoms with Gasteiger partial charge in [0.05, 0.1) is 22.9 Å².